The molecule has 0 heterocycles. The van der Waals surface area contributed by atoms with Gasteiger partial charge in [-0.1, -0.05) is 60.7 Å². The van der Waals surface area contributed by atoms with E-state index in [9.17, 15) is 19.2 Å². The van der Waals surface area contributed by atoms with Crippen molar-refractivity contribution >= 4 is 35.6 Å². The third-order valence-electron chi connectivity index (χ3n) is 4.49. The van der Waals surface area contributed by atoms with Crippen molar-refractivity contribution in [3.8, 4) is 0 Å². The Labute approximate surface area is 209 Å². The van der Waals surface area contributed by atoms with Crippen molar-refractivity contribution in [3.05, 3.63) is 71.8 Å². The number of alkyl carbamates (subject to hydrolysis) is 1. The lowest BCUT2D eigenvalue weighted by Gasteiger charge is -2.23. The normalized spacial score (nSPS) is 11.9. The van der Waals surface area contributed by atoms with Gasteiger partial charge in [0, 0.05) is 5.75 Å². The Morgan fingerprint density at radius 2 is 1.43 bits per heavy atom. The van der Waals surface area contributed by atoms with E-state index in [0.717, 1.165) is 11.1 Å². The van der Waals surface area contributed by atoms with E-state index in [1.54, 1.807) is 20.8 Å². The SMILES string of the molecule is CC(C)(C)OC(=O)NCC(=O)N[C@H](CSC(c1ccccc1)c1ccccc1)C(=O)NCC(=O)O. The molecule has 0 saturated heterocycles. The number of hydrogen-bond donors (Lipinski definition) is 4. The number of carbonyl (C=O) groups excluding carboxylic acids is 3. The van der Waals surface area contributed by atoms with Crippen LogP contribution in [0.4, 0.5) is 4.79 Å². The molecule has 10 heteroatoms. The molecule has 0 unspecified atom stereocenters. The quantitative estimate of drug-likeness (QED) is 0.372. The molecule has 0 aliphatic rings. The summed E-state index contributed by atoms with van der Waals surface area (Å²) in [6, 6.07) is 18.4. The molecule has 0 bridgehead atoms. The first-order chi connectivity index (χ1) is 16.5. The first kappa shape index (κ1) is 27.7. The van der Waals surface area contributed by atoms with E-state index < -0.39 is 48.6 Å². The number of rotatable bonds is 11. The Balaban J connectivity index is 2.11. The van der Waals surface area contributed by atoms with Crippen molar-refractivity contribution in [1.29, 1.82) is 0 Å². The summed E-state index contributed by atoms with van der Waals surface area (Å²) in [4.78, 5) is 47.9. The molecule has 0 aliphatic carbocycles. The van der Waals surface area contributed by atoms with Gasteiger partial charge in [-0.15, -0.1) is 11.8 Å². The molecule has 9 nitrogen and oxygen atoms in total. The van der Waals surface area contributed by atoms with Crippen molar-refractivity contribution in [1.82, 2.24) is 16.0 Å². The number of nitrogens with one attached hydrogen (secondary N) is 3. The molecule has 0 fully saturated rings. The molecule has 1 atom stereocenters. The summed E-state index contributed by atoms with van der Waals surface area (Å²) in [5.41, 5.74) is 1.32. The van der Waals surface area contributed by atoms with Crippen molar-refractivity contribution in [2.24, 2.45) is 0 Å². The van der Waals surface area contributed by atoms with Crippen LogP contribution in [-0.4, -0.2) is 59.5 Å². The van der Waals surface area contributed by atoms with Crippen LogP contribution in [0.3, 0.4) is 0 Å². The summed E-state index contributed by atoms with van der Waals surface area (Å²) < 4.78 is 5.10. The molecule has 4 N–H and O–H groups in total. The van der Waals surface area contributed by atoms with Crippen LogP contribution >= 0.6 is 11.8 Å². The third-order valence-corrected chi connectivity index (χ3v) is 5.90. The predicted molar refractivity (Wildman–Crippen MR) is 134 cm³/mol. The molecule has 2 rings (SSSR count). The zero-order valence-electron chi connectivity index (χ0n) is 19.9. The molecule has 0 aliphatic heterocycles. The molecule has 0 radical (unpaired) electrons. The van der Waals surface area contributed by atoms with Crippen LogP contribution in [0.2, 0.25) is 0 Å². The second kappa shape index (κ2) is 13.4. The van der Waals surface area contributed by atoms with Crippen molar-refractivity contribution in [2.75, 3.05) is 18.8 Å². The van der Waals surface area contributed by atoms with E-state index in [1.165, 1.54) is 11.8 Å². The molecule has 3 amide bonds. The molecule has 0 aromatic heterocycles. The number of carboxylic acid groups (broad SMARTS) is 1. The Kier molecular flexibility index (Phi) is 10.6. The van der Waals surface area contributed by atoms with E-state index in [-0.39, 0.29) is 11.0 Å². The van der Waals surface area contributed by atoms with Gasteiger partial charge < -0.3 is 25.8 Å². The average molecular weight is 502 g/mol. The number of ether oxygens (including phenoxy) is 1. The van der Waals surface area contributed by atoms with Crippen LogP contribution in [0, 0.1) is 0 Å². The highest BCUT2D eigenvalue weighted by molar-refractivity contribution is 7.99. The maximum Gasteiger partial charge on any atom is 0.408 e. The van der Waals surface area contributed by atoms with Gasteiger partial charge in [-0.25, -0.2) is 4.79 Å². The van der Waals surface area contributed by atoms with Gasteiger partial charge in [0.1, 0.15) is 24.7 Å². The fourth-order valence-corrected chi connectivity index (χ4v) is 4.33. The molecular formula is C25H31N3O6S. The van der Waals surface area contributed by atoms with Gasteiger partial charge >= 0.3 is 12.1 Å². The lowest BCUT2D eigenvalue weighted by Crippen LogP contribution is -2.51. The van der Waals surface area contributed by atoms with Gasteiger partial charge in [0.25, 0.3) is 0 Å². The Bertz CT molecular complexity index is 956. The smallest absolute Gasteiger partial charge is 0.408 e. The Hall–Kier alpha value is -3.53. The average Bonchev–Trinajstić information content (AvgIpc) is 2.81. The summed E-state index contributed by atoms with van der Waals surface area (Å²) in [5, 5.41) is 16.0. The van der Waals surface area contributed by atoms with Crippen LogP contribution in [0.1, 0.15) is 37.1 Å². The van der Waals surface area contributed by atoms with Gasteiger partial charge in [0.15, 0.2) is 0 Å². The van der Waals surface area contributed by atoms with E-state index in [0.29, 0.717) is 0 Å². The number of amides is 3. The largest absolute Gasteiger partial charge is 0.480 e. The van der Waals surface area contributed by atoms with Crippen molar-refractivity contribution in [2.45, 2.75) is 37.7 Å². The fourth-order valence-electron chi connectivity index (χ4n) is 3.01. The highest BCUT2D eigenvalue weighted by Crippen LogP contribution is 2.35. The molecule has 2 aromatic carbocycles. The monoisotopic (exact) mass is 501 g/mol. The summed E-state index contributed by atoms with van der Waals surface area (Å²) in [7, 11) is 0. The minimum Gasteiger partial charge on any atom is -0.480 e. The summed E-state index contributed by atoms with van der Waals surface area (Å²) in [6.07, 6.45) is -0.762. The van der Waals surface area contributed by atoms with Gasteiger partial charge in [0.05, 0.1) is 5.25 Å². The first-order valence-electron chi connectivity index (χ1n) is 11.0. The minimum absolute atomic E-state index is 0.121. The molecule has 2 aromatic rings. The summed E-state index contributed by atoms with van der Waals surface area (Å²) >= 11 is 1.44. The second-order valence-electron chi connectivity index (χ2n) is 8.62. The Morgan fingerprint density at radius 3 is 1.91 bits per heavy atom. The van der Waals surface area contributed by atoms with E-state index in [2.05, 4.69) is 16.0 Å². The Morgan fingerprint density at radius 1 is 0.886 bits per heavy atom. The first-order valence-corrected chi connectivity index (χ1v) is 12.1. The zero-order chi connectivity index (χ0) is 25.8. The lowest BCUT2D eigenvalue weighted by atomic mass is 10.0. The van der Waals surface area contributed by atoms with Crippen LogP contribution < -0.4 is 16.0 Å². The molecule has 0 spiro atoms. The highest BCUT2D eigenvalue weighted by Gasteiger charge is 2.25. The fraction of sp³-hybridized carbons (Fsp3) is 0.360. The lowest BCUT2D eigenvalue weighted by molar-refractivity contribution is -0.138. The summed E-state index contributed by atoms with van der Waals surface area (Å²) in [5.74, 6) is -2.28. The summed E-state index contributed by atoms with van der Waals surface area (Å²) in [6.45, 7) is 4.11. The van der Waals surface area contributed by atoms with Crippen LogP contribution in [0.25, 0.3) is 0 Å². The van der Waals surface area contributed by atoms with E-state index in [4.69, 9.17) is 9.84 Å². The third kappa shape index (κ3) is 10.5. The van der Waals surface area contributed by atoms with Crippen LogP contribution in [-0.2, 0) is 19.1 Å². The predicted octanol–water partition coefficient (Wildman–Crippen LogP) is 2.72. The topological polar surface area (TPSA) is 134 Å². The van der Waals surface area contributed by atoms with Gasteiger partial charge in [-0.05, 0) is 31.9 Å². The number of benzene rings is 2. The number of thioether (sulfide) groups is 1. The van der Waals surface area contributed by atoms with Crippen LogP contribution in [0.15, 0.2) is 60.7 Å². The van der Waals surface area contributed by atoms with Crippen molar-refractivity contribution in [3.63, 3.8) is 0 Å². The van der Waals surface area contributed by atoms with Crippen molar-refractivity contribution < 1.29 is 29.0 Å². The maximum absolute atomic E-state index is 12.7. The molecular weight excluding hydrogens is 470 g/mol. The molecule has 0 saturated carbocycles. The van der Waals surface area contributed by atoms with Gasteiger partial charge in [-0.2, -0.15) is 0 Å². The molecule has 188 valence electrons. The standard InChI is InChI=1S/C25H31N3O6S/c1-25(2,3)34-24(33)27-14-20(29)28-19(23(32)26-15-21(30)31)16-35-22(17-10-6-4-7-11-17)18-12-8-5-9-13-18/h4-13,19,22H,14-16H2,1-3H3,(H,26,32)(H,27,33)(H,28,29)(H,30,31)/t19-/m1/s1. The van der Waals surface area contributed by atoms with E-state index >= 15 is 0 Å². The minimum atomic E-state index is -1.20. The number of hydrogen-bond acceptors (Lipinski definition) is 6. The number of carbonyl (C=O) groups is 4. The van der Waals surface area contributed by atoms with Gasteiger partial charge in [0.2, 0.25) is 11.8 Å². The zero-order valence-corrected chi connectivity index (χ0v) is 20.8. The van der Waals surface area contributed by atoms with Crippen LogP contribution in [0.5, 0.6) is 0 Å². The van der Waals surface area contributed by atoms with E-state index in [1.807, 2.05) is 60.7 Å². The number of aliphatic carboxylic acids is 1. The number of carboxylic acids is 1. The second-order valence-corrected chi connectivity index (χ2v) is 9.76. The highest BCUT2D eigenvalue weighted by atomic mass is 32.2. The molecule has 35 heavy (non-hydrogen) atoms. The maximum atomic E-state index is 12.7. The van der Waals surface area contributed by atoms with Gasteiger partial charge in [-0.3, -0.25) is 14.4 Å².